The first-order valence-electron chi connectivity index (χ1n) is 6.19. The Morgan fingerprint density at radius 3 is 2.24 bits per heavy atom. The van der Waals surface area contributed by atoms with Gasteiger partial charge in [-0.2, -0.15) is 0 Å². The van der Waals surface area contributed by atoms with Crippen LogP contribution >= 0.6 is 0 Å². The number of urea groups is 1. The van der Waals surface area contributed by atoms with E-state index in [0.717, 1.165) is 6.42 Å². The van der Waals surface area contributed by atoms with Gasteiger partial charge in [-0.1, -0.05) is 20.8 Å². The molecule has 2 N–H and O–H groups in total. The van der Waals surface area contributed by atoms with Gasteiger partial charge in [0, 0.05) is 19.1 Å². The maximum absolute atomic E-state index is 11.9. The van der Waals surface area contributed by atoms with Crippen molar-refractivity contribution in [2.24, 2.45) is 5.92 Å². The summed E-state index contributed by atoms with van der Waals surface area (Å²) in [5.74, 6) is -0.505. The Morgan fingerprint density at radius 2 is 1.88 bits per heavy atom. The Bertz CT molecular complexity index is 254. The highest BCUT2D eigenvalue weighted by Crippen LogP contribution is 2.06. The van der Waals surface area contributed by atoms with Gasteiger partial charge in [0.2, 0.25) is 0 Å². The number of carboxylic acid groups (broad SMARTS) is 1. The number of carbonyl (C=O) groups excluding carboxylic acids is 1. The zero-order valence-electron chi connectivity index (χ0n) is 11.2. The zero-order valence-corrected chi connectivity index (χ0v) is 11.2. The number of rotatable bonds is 7. The second-order valence-electron chi connectivity index (χ2n) is 4.43. The number of nitrogens with zero attached hydrogens (tertiary/aromatic N) is 1. The lowest BCUT2D eigenvalue weighted by Gasteiger charge is -2.26. The lowest BCUT2D eigenvalue weighted by molar-refractivity contribution is -0.137. The molecule has 0 aliphatic heterocycles. The van der Waals surface area contributed by atoms with Crippen molar-refractivity contribution in [3.63, 3.8) is 0 Å². The molecular weight excluding hydrogens is 220 g/mol. The molecule has 0 rings (SSSR count). The summed E-state index contributed by atoms with van der Waals surface area (Å²) in [6.07, 6.45) is 0.861. The fourth-order valence-electron chi connectivity index (χ4n) is 1.62. The van der Waals surface area contributed by atoms with Crippen molar-refractivity contribution in [1.82, 2.24) is 10.2 Å². The van der Waals surface area contributed by atoms with Gasteiger partial charge in [-0.25, -0.2) is 4.79 Å². The third-order valence-electron chi connectivity index (χ3n) is 2.82. The van der Waals surface area contributed by atoms with Gasteiger partial charge in [0.05, 0.1) is 6.42 Å². The maximum atomic E-state index is 11.9. The van der Waals surface area contributed by atoms with E-state index in [4.69, 9.17) is 5.11 Å². The van der Waals surface area contributed by atoms with Gasteiger partial charge in [0.25, 0.3) is 0 Å². The maximum Gasteiger partial charge on any atom is 0.317 e. The Hall–Kier alpha value is -1.26. The van der Waals surface area contributed by atoms with Gasteiger partial charge >= 0.3 is 12.0 Å². The molecule has 0 bridgehead atoms. The third-order valence-corrected chi connectivity index (χ3v) is 2.82. The molecule has 0 saturated heterocycles. The highest BCUT2D eigenvalue weighted by Gasteiger charge is 2.18. The average molecular weight is 244 g/mol. The number of hydrogen-bond acceptors (Lipinski definition) is 2. The van der Waals surface area contributed by atoms with Crippen molar-refractivity contribution >= 4 is 12.0 Å². The van der Waals surface area contributed by atoms with Crippen LogP contribution in [-0.2, 0) is 4.79 Å². The van der Waals surface area contributed by atoms with Crippen molar-refractivity contribution in [2.75, 3.05) is 13.1 Å². The third kappa shape index (κ3) is 6.14. The van der Waals surface area contributed by atoms with Crippen molar-refractivity contribution in [3.8, 4) is 0 Å². The SMILES string of the molecule is CCC(NC(=O)N(CC)CCC(=O)O)C(C)C. The molecule has 5 heteroatoms. The molecule has 0 aromatic carbocycles. The van der Waals surface area contributed by atoms with Crippen molar-refractivity contribution in [3.05, 3.63) is 0 Å². The van der Waals surface area contributed by atoms with E-state index in [9.17, 15) is 9.59 Å². The van der Waals surface area contributed by atoms with Crippen LogP contribution in [0.1, 0.15) is 40.5 Å². The zero-order chi connectivity index (χ0) is 13.4. The van der Waals surface area contributed by atoms with E-state index in [1.54, 1.807) is 0 Å². The lowest BCUT2D eigenvalue weighted by Crippen LogP contribution is -2.47. The Morgan fingerprint density at radius 1 is 1.29 bits per heavy atom. The fourth-order valence-corrected chi connectivity index (χ4v) is 1.62. The molecule has 0 heterocycles. The summed E-state index contributed by atoms with van der Waals surface area (Å²) in [5, 5.41) is 11.5. The average Bonchev–Trinajstić information content (AvgIpc) is 2.25. The van der Waals surface area contributed by atoms with Crippen LogP contribution in [0.3, 0.4) is 0 Å². The number of nitrogens with one attached hydrogen (secondary N) is 1. The fraction of sp³-hybridized carbons (Fsp3) is 0.833. The Kier molecular flexibility index (Phi) is 7.34. The summed E-state index contributed by atoms with van der Waals surface area (Å²) in [6, 6.07) is -0.0318. The largest absolute Gasteiger partial charge is 0.481 e. The number of carbonyl (C=O) groups is 2. The molecule has 0 aromatic rings. The van der Waals surface area contributed by atoms with Crippen LogP contribution in [0.2, 0.25) is 0 Å². The second kappa shape index (κ2) is 7.92. The van der Waals surface area contributed by atoms with E-state index < -0.39 is 5.97 Å². The highest BCUT2D eigenvalue weighted by molar-refractivity contribution is 5.75. The molecule has 0 saturated carbocycles. The molecule has 1 atom stereocenters. The molecule has 0 aliphatic rings. The van der Waals surface area contributed by atoms with Crippen molar-refractivity contribution in [1.29, 1.82) is 0 Å². The van der Waals surface area contributed by atoms with Crippen LogP contribution in [0.5, 0.6) is 0 Å². The first kappa shape index (κ1) is 15.7. The monoisotopic (exact) mass is 244 g/mol. The van der Waals surface area contributed by atoms with Crippen LogP contribution in [0, 0.1) is 5.92 Å². The lowest BCUT2D eigenvalue weighted by atomic mass is 10.0. The molecule has 5 nitrogen and oxygen atoms in total. The van der Waals surface area contributed by atoms with Gasteiger partial charge in [0.15, 0.2) is 0 Å². The summed E-state index contributed by atoms with van der Waals surface area (Å²) < 4.78 is 0. The number of amides is 2. The first-order chi connectivity index (χ1) is 7.92. The number of hydrogen-bond donors (Lipinski definition) is 2. The normalized spacial score (nSPS) is 12.3. The summed E-state index contributed by atoms with van der Waals surface area (Å²) >= 11 is 0. The predicted octanol–water partition coefficient (Wildman–Crippen LogP) is 1.93. The van der Waals surface area contributed by atoms with Gasteiger partial charge in [-0.15, -0.1) is 0 Å². The molecule has 0 aromatic heterocycles. The molecule has 0 aliphatic carbocycles. The molecule has 100 valence electrons. The van der Waals surface area contributed by atoms with E-state index >= 15 is 0 Å². The minimum atomic E-state index is -0.882. The Labute approximate surface area is 103 Å². The summed E-state index contributed by atoms with van der Waals surface area (Å²) in [5.41, 5.74) is 0. The van der Waals surface area contributed by atoms with Gasteiger partial charge < -0.3 is 15.3 Å². The quantitative estimate of drug-likeness (QED) is 0.719. The highest BCUT2D eigenvalue weighted by atomic mass is 16.4. The predicted molar refractivity (Wildman–Crippen MR) is 66.9 cm³/mol. The van der Waals surface area contributed by atoms with Crippen LogP contribution in [0.15, 0.2) is 0 Å². The number of aliphatic carboxylic acids is 1. The van der Waals surface area contributed by atoms with Crippen molar-refractivity contribution in [2.45, 2.75) is 46.6 Å². The van der Waals surface area contributed by atoms with E-state index in [1.165, 1.54) is 4.90 Å². The van der Waals surface area contributed by atoms with E-state index in [0.29, 0.717) is 12.5 Å². The van der Waals surface area contributed by atoms with Gasteiger partial charge in [-0.05, 0) is 19.3 Å². The topological polar surface area (TPSA) is 69.6 Å². The summed E-state index contributed by atoms with van der Waals surface area (Å²) in [4.78, 5) is 23.9. The van der Waals surface area contributed by atoms with E-state index in [1.807, 2.05) is 13.8 Å². The molecule has 0 fully saturated rings. The molecule has 0 spiro atoms. The molecule has 1 unspecified atom stereocenters. The van der Waals surface area contributed by atoms with Gasteiger partial charge in [-0.3, -0.25) is 4.79 Å². The van der Waals surface area contributed by atoms with Gasteiger partial charge in [0.1, 0.15) is 0 Å². The van der Waals surface area contributed by atoms with Crippen LogP contribution in [0.25, 0.3) is 0 Å². The minimum Gasteiger partial charge on any atom is -0.481 e. The summed E-state index contributed by atoms with van der Waals surface area (Å²) in [6.45, 7) is 8.76. The van der Waals surface area contributed by atoms with Crippen LogP contribution < -0.4 is 5.32 Å². The molecule has 2 amide bonds. The van der Waals surface area contributed by atoms with E-state index in [-0.39, 0.29) is 25.0 Å². The molecule has 0 radical (unpaired) electrons. The van der Waals surface area contributed by atoms with Crippen LogP contribution in [0.4, 0.5) is 4.79 Å². The standard InChI is InChI=1S/C12H24N2O3/c1-5-10(9(3)4)13-12(17)14(6-2)8-7-11(15)16/h9-10H,5-8H2,1-4H3,(H,13,17)(H,15,16). The van der Waals surface area contributed by atoms with Crippen molar-refractivity contribution < 1.29 is 14.7 Å². The molecular formula is C12H24N2O3. The number of carboxylic acids is 1. The minimum absolute atomic E-state index is 0.0142. The van der Waals surface area contributed by atoms with Crippen LogP contribution in [-0.4, -0.2) is 41.1 Å². The summed E-state index contributed by atoms with van der Waals surface area (Å²) in [7, 11) is 0. The Balaban J connectivity index is 4.28. The first-order valence-corrected chi connectivity index (χ1v) is 6.19. The van der Waals surface area contributed by atoms with E-state index in [2.05, 4.69) is 19.2 Å². The molecule has 17 heavy (non-hydrogen) atoms. The smallest absolute Gasteiger partial charge is 0.317 e. The second-order valence-corrected chi connectivity index (χ2v) is 4.43.